The predicted molar refractivity (Wildman–Crippen MR) is 89.0 cm³/mol. The lowest BCUT2D eigenvalue weighted by Gasteiger charge is -2.30. The molecule has 2 N–H and O–H groups in total. The molecule has 2 aromatic rings. The number of carbonyl (C=O) groups excluding carboxylic acids is 1. The van der Waals surface area contributed by atoms with Gasteiger partial charge in [0.25, 0.3) is 0 Å². The van der Waals surface area contributed by atoms with E-state index in [2.05, 4.69) is 10.2 Å². The number of anilines is 1. The standard InChI is InChI=1S/C16H19ClN4O3/c1-23-12-4-2-3-11(14(12)17)9-13(22)21-7-5-10(6-8-21)15-19-20-16(18)24-15/h2-4,10H,5-9H2,1H3,(H2,18,20). The molecule has 0 spiro atoms. The summed E-state index contributed by atoms with van der Waals surface area (Å²) in [6.45, 7) is 1.29. The molecule has 24 heavy (non-hydrogen) atoms. The molecule has 0 bridgehead atoms. The van der Waals surface area contributed by atoms with E-state index in [9.17, 15) is 4.79 Å². The molecule has 1 aromatic carbocycles. The molecule has 1 aliphatic heterocycles. The van der Waals surface area contributed by atoms with Crippen LogP contribution in [0.2, 0.25) is 5.02 Å². The third kappa shape index (κ3) is 3.46. The van der Waals surface area contributed by atoms with Gasteiger partial charge < -0.3 is 19.8 Å². The molecule has 0 aliphatic carbocycles. The Morgan fingerprint density at radius 2 is 2.17 bits per heavy atom. The van der Waals surface area contributed by atoms with Crippen LogP contribution in [0.5, 0.6) is 5.75 Å². The average Bonchev–Trinajstić information content (AvgIpc) is 3.03. The Bertz CT molecular complexity index is 726. The number of hydrogen-bond donors (Lipinski definition) is 1. The largest absolute Gasteiger partial charge is 0.495 e. The molecule has 128 valence electrons. The number of rotatable bonds is 4. The van der Waals surface area contributed by atoms with Gasteiger partial charge in [0.1, 0.15) is 5.75 Å². The van der Waals surface area contributed by atoms with Gasteiger partial charge in [0, 0.05) is 19.0 Å². The normalized spacial score (nSPS) is 15.5. The molecule has 0 radical (unpaired) electrons. The van der Waals surface area contributed by atoms with Gasteiger partial charge in [0.15, 0.2) is 0 Å². The number of carbonyl (C=O) groups is 1. The van der Waals surface area contributed by atoms with Gasteiger partial charge in [0.05, 0.1) is 18.6 Å². The molecule has 0 atom stereocenters. The summed E-state index contributed by atoms with van der Waals surface area (Å²) in [7, 11) is 1.56. The molecule has 1 aliphatic rings. The Morgan fingerprint density at radius 3 is 2.79 bits per heavy atom. The van der Waals surface area contributed by atoms with Crippen LogP contribution in [0.4, 0.5) is 6.01 Å². The minimum Gasteiger partial charge on any atom is -0.495 e. The fourth-order valence-electron chi connectivity index (χ4n) is 2.91. The smallest absolute Gasteiger partial charge is 0.312 e. The minimum absolute atomic E-state index is 0.0497. The molecule has 0 unspecified atom stereocenters. The van der Waals surface area contributed by atoms with Gasteiger partial charge in [-0.3, -0.25) is 4.79 Å². The van der Waals surface area contributed by atoms with Crippen molar-refractivity contribution in [2.24, 2.45) is 0 Å². The maximum absolute atomic E-state index is 12.5. The van der Waals surface area contributed by atoms with Gasteiger partial charge in [-0.15, -0.1) is 5.10 Å². The summed E-state index contributed by atoms with van der Waals surface area (Å²) < 4.78 is 10.5. The number of hydrogen-bond acceptors (Lipinski definition) is 6. The zero-order valence-electron chi connectivity index (χ0n) is 13.4. The summed E-state index contributed by atoms with van der Waals surface area (Å²) >= 11 is 6.26. The number of methoxy groups -OCH3 is 1. The second kappa shape index (κ2) is 7.09. The van der Waals surface area contributed by atoms with Gasteiger partial charge in [0.2, 0.25) is 11.8 Å². The summed E-state index contributed by atoms with van der Waals surface area (Å²) in [6.07, 6.45) is 1.81. The summed E-state index contributed by atoms with van der Waals surface area (Å²) in [5.41, 5.74) is 6.23. The molecule has 1 saturated heterocycles. The average molecular weight is 351 g/mol. The Balaban J connectivity index is 1.59. The van der Waals surface area contributed by atoms with Gasteiger partial charge >= 0.3 is 6.01 Å². The minimum atomic E-state index is 0.0497. The Hall–Kier alpha value is -2.28. The molecule has 1 aromatic heterocycles. The maximum Gasteiger partial charge on any atom is 0.312 e. The van der Waals surface area contributed by atoms with Crippen LogP contribution in [0.15, 0.2) is 22.6 Å². The van der Waals surface area contributed by atoms with E-state index in [0.29, 0.717) is 29.8 Å². The van der Waals surface area contributed by atoms with E-state index in [1.165, 1.54) is 0 Å². The maximum atomic E-state index is 12.5. The number of amides is 1. The monoisotopic (exact) mass is 350 g/mol. The van der Waals surface area contributed by atoms with Crippen LogP contribution in [0.3, 0.4) is 0 Å². The Labute approximate surface area is 144 Å². The number of piperidine rings is 1. The number of ether oxygens (including phenoxy) is 1. The van der Waals surface area contributed by atoms with Gasteiger partial charge in [-0.05, 0) is 24.5 Å². The highest BCUT2D eigenvalue weighted by Crippen LogP contribution is 2.30. The van der Waals surface area contributed by atoms with Crippen LogP contribution in [0.25, 0.3) is 0 Å². The lowest BCUT2D eigenvalue weighted by Crippen LogP contribution is -2.38. The Morgan fingerprint density at radius 1 is 1.42 bits per heavy atom. The van der Waals surface area contributed by atoms with E-state index >= 15 is 0 Å². The first-order valence-electron chi connectivity index (χ1n) is 7.76. The quantitative estimate of drug-likeness (QED) is 0.908. The van der Waals surface area contributed by atoms with E-state index in [1.807, 2.05) is 17.0 Å². The predicted octanol–water partition coefficient (Wildman–Crippen LogP) is 2.26. The molecule has 7 nitrogen and oxygen atoms in total. The van der Waals surface area contributed by atoms with Crippen molar-refractivity contribution in [2.75, 3.05) is 25.9 Å². The molecular weight excluding hydrogens is 332 g/mol. The number of halogens is 1. The number of benzene rings is 1. The van der Waals surface area contributed by atoms with E-state index < -0.39 is 0 Å². The van der Waals surface area contributed by atoms with Gasteiger partial charge in [-0.25, -0.2) is 0 Å². The van der Waals surface area contributed by atoms with Crippen molar-refractivity contribution in [1.29, 1.82) is 0 Å². The first-order valence-corrected chi connectivity index (χ1v) is 8.14. The van der Waals surface area contributed by atoms with E-state index in [0.717, 1.165) is 18.4 Å². The van der Waals surface area contributed by atoms with Crippen molar-refractivity contribution in [3.63, 3.8) is 0 Å². The third-order valence-corrected chi connectivity index (χ3v) is 4.69. The van der Waals surface area contributed by atoms with Crippen LogP contribution in [0, 0.1) is 0 Å². The van der Waals surface area contributed by atoms with Crippen molar-refractivity contribution < 1.29 is 13.9 Å². The van der Waals surface area contributed by atoms with Crippen LogP contribution in [0.1, 0.15) is 30.2 Å². The van der Waals surface area contributed by atoms with Crippen LogP contribution >= 0.6 is 11.6 Å². The third-order valence-electron chi connectivity index (χ3n) is 4.26. The first-order chi connectivity index (χ1) is 11.6. The zero-order valence-corrected chi connectivity index (χ0v) is 14.1. The molecule has 0 saturated carbocycles. The second-order valence-electron chi connectivity index (χ2n) is 5.74. The molecule has 3 rings (SSSR count). The number of nitrogen functional groups attached to an aromatic ring is 1. The van der Waals surface area contributed by atoms with Gasteiger partial charge in [-0.2, -0.15) is 0 Å². The number of nitrogens with two attached hydrogens (primary N) is 1. The fourth-order valence-corrected chi connectivity index (χ4v) is 3.18. The molecule has 2 heterocycles. The summed E-state index contributed by atoms with van der Waals surface area (Å²) in [6, 6.07) is 5.53. The van der Waals surface area contributed by atoms with Crippen molar-refractivity contribution >= 4 is 23.5 Å². The molecule has 8 heteroatoms. The van der Waals surface area contributed by atoms with Crippen molar-refractivity contribution in [3.05, 3.63) is 34.7 Å². The fraction of sp³-hybridized carbons (Fsp3) is 0.438. The summed E-state index contributed by atoms with van der Waals surface area (Å²) in [4.78, 5) is 14.4. The zero-order chi connectivity index (χ0) is 17.1. The van der Waals surface area contributed by atoms with Crippen LogP contribution in [-0.4, -0.2) is 41.2 Å². The first kappa shape index (κ1) is 16.6. The SMILES string of the molecule is COc1cccc(CC(=O)N2CCC(c3nnc(N)o3)CC2)c1Cl. The van der Waals surface area contributed by atoms with E-state index in [1.54, 1.807) is 13.2 Å². The second-order valence-corrected chi connectivity index (χ2v) is 6.12. The van der Waals surface area contributed by atoms with Crippen LogP contribution in [-0.2, 0) is 11.2 Å². The number of aromatic nitrogens is 2. The lowest BCUT2D eigenvalue weighted by atomic mass is 9.96. The van der Waals surface area contributed by atoms with Gasteiger partial charge in [-0.1, -0.05) is 28.8 Å². The number of likely N-dealkylation sites (tertiary alicyclic amines) is 1. The molecular formula is C16H19ClN4O3. The van der Waals surface area contributed by atoms with Crippen molar-refractivity contribution in [2.45, 2.75) is 25.2 Å². The highest BCUT2D eigenvalue weighted by Gasteiger charge is 2.27. The van der Waals surface area contributed by atoms with Crippen LogP contribution < -0.4 is 10.5 Å². The van der Waals surface area contributed by atoms with E-state index in [4.69, 9.17) is 26.5 Å². The lowest BCUT2D eigenvalue weighted by molar-refractivity contribution is -0.131. The van der Waals surface area contributed by atoms with E-state index in [-0.39, 0.29) is 24.3 Å². The number of nitrogens with zero attached hydrogens (tertiary/aromatic N) is 3. The van der Waals surface area contributed by atoms with Crippen molar-refractivity contribution in [3.8, 4) is 5.75 Å². The molecule has 1 amide bonds. The topological polar surface area (TPSA) is 94.5 Å². The molecule has 1 fully saturated rings. The highest BCUT2D eigenvalue weighted by molar-refractivity contribution is 6.33. The Kier molecular flexibility index (Phi) is 4.89. The highest BCUT2D eigenvalue weighted by atomic mass is 35.5. The van der Waals surface area contributed by atoms with Crippen molar-refractivity contribution in [1.82, 2.24) is 15.1 Å². The summed E-state index contributed by atoms with van der Waals surface area (Å²) in [5, 5.41) is 8.10. The summed E-state index contributed by atoms with van der Waals surface area (Å²) in [5.74, 6) is 1.33.